The van der Waals surface area contributed by atoms with Crippen molar-refractivity contribution in [1.82, 2.24) is 15.0 Å². The third-order valence-corrected chi connectivity index (χ3v) is 3.31. The van der Waals surface area contributed by atoms with E-state index in [4.69, 9.17) is 0 Å². The molecule has 0 saturated heterocycles. The Hall–Kier alpha value is -0.720. The molecule has 84 valence electrons. The number of aliphatic hydroxyl groups is 1. The van der Waals surface area contributed by atoms with Crippen LogP contribution < -0.4 is 0 Å². The molecule has 0 bridgehead atoms. The van der Waals surface area contributed by atoms with Gasteiger partial charge in [-0.25, -0.2) is 4.68 Å². The monoisotopic (exact) mass is 345 g/mol. The Kier molecular flexibility index (Phi) is 3.41. The first-order valence-electron chi connectivity index (χ1n) is 4.58. The van der Waals surface area contributed by atoms with Crippen molar-refractivity contribution < 1.29 is 5.11 Å². The molecule has 1 heterocycles. The first-order valence-corrected chi connectivity index (χ1v) is 6.17. The van der Waals surface area contributed by atoms with Gasteiger partial charge in [0.1, 0.15) is 11.8 Å². The van der Waals surface area contributed by atoms with Crippen molar-refractivity contribution >= 4 is 31.9 Å². The van der Waals surface area contributed by atoms with Crippen LogP contribution in [0.2, 0.25) is 0 Å². The predicted molar refractivity (Wildman–Crippen MR) is 66.9 cm³/mol. The summed E-state index contributed by atoms with van der Waals surface area (Å²) in [6.07, 6.45) is -0.744. The average molecular weight is 347 g/mol. The molecule has 0 amide bonds. The minimum absolute atomic E-state index is 0.558. The summed E-state index contributed by atoms with van der Waals surface area (Å²) in [5, 5.41) is 17.9. The van der Waals surface area contributed by atoms with E-state index >= 15 is 0 Å². The van der Waals surface area contributed by atoms with Gasteiger partial charge in [-0.3, -0.25) is 0 Å². The molecule has 0 saturated carbocycles. The third kappa shape index (κ3) is 2.18. The highest BCUT2D eigenvalue weighted by Gasteiger charge is 2.19. The fourth-order valence-corrected chi connectivity index (χ4v) is 2.42. The smallest absolute Gasteiger partial charge is 0.154 e. The summed E-state index contributed by atoms with van der Waals surface area (Å²) in [4.78, 5) is 0. The van der Waals surface area contributed by atoms with Crippen molar-refractivity contribution in [2.75, 3.05) is 0 Å². The number of halogens is 2. The highest BCUT2D eigenvalue weighted by Crippen LogP contribution is 2.27. The molecule has 0 spiro atoms. The zero-order valence-corrected chi connectivity index (χ0v) is 11.6. The number of aryl methyl sites for hydroxylation is 1. The van der Waals surface area contributed by atoms with Gasteiger partial charge in [0.25, 0.3) is 0 Å². The molecule has 6 heteroatoms. The molecule has 1 unspecified atom stereocenters. The summed E-state index contributed by atoms with van der Waals surface area (Å²) in [6.45, 7) is 0. The Morgan fingerprint density at radius 1 is 1.38 bits per heavy atom. The van der Waals surface area contributed by atoms with E-state index in [1.54, 1.807) is 11.7 Å². The fourth-order valence-electron chi connectivity index (χ4n) is 1.46. The molecule has 0 aliphatic carbocycles. The summed E-state index contributed by atoms with van der Waals surface area (Å²) >= 11 is 6.64. The van der Waals surface area contributed by atoms with E-state index in [-0.39, 0.29) is 0 Å². The highest BCUT2D eigenvalue weighted by molar-refractivity contribution is 9.10. The summed E-state index contributed by atoms with van der Waals surface area (Å²) in [5.41, 5.74) is 1.43. The van der Waals surface area contributed by atoms with Gasteiger partial charge < -0.3 is 5.11 Å². The molecule has 1 aromatic heterocycles. The van der Waals surface area contributed by atoms with Crippen LogP contribution in [-0.4, -0.2) is 20.1 Å². The maximum absolute atomic E-state index is 10.2. The van der Waals surface area contributed by atoms with Gasteiger partial charge in [-0.1, -0.05) is 33.3 Å². The fraction of sp³-hybridized carbons (Fsp3) is 0.200. The Morgan fingerprint density at radius 2 is 2.12 bits per heavy atom. The van der Waals surface area contributed by atoms with Crippen LogP contribution in [-0.2, 0) is 7.05 Å². The lowest BCUT2D eigenvalue weighted by molar-refractivity contribution is 0.209. The minimum Gasteiger partial charge on any atom is -0.382 e. The standard InChI is InChI=1S/C10H9Br2N3O/c1-15-8(10(12)13-14-15)9(16)6-3-2-4-7(11)5-6/h2-5,9,16H,1H3. The Morgan fingerprint density at radius 3 is 2.69 bits per heavy atom. The largest absolute Gasteiger partial charge is 0.382 e. The lowest BCUT2D eigenvalue weighted by atomic mass is 10.1. The number of aromatic nitrogens is 3. The molecule has 1 aromatic carbocycles. The van der Waals surface area contributed by atoms with Gasteiger partial charge in [-0.15, -0.1) is 5.10 Å². The van der Waals surface area contributed by atoms with E-state index in [2.05, 4.69) is 42.2 Å². The van der Waals surface area contributed by atoms with E-state index < -0.39 is 6.10 Å². The first kappa shape index (κ1) is 11.8. The second-order valence-electron chi connectivity index (χ2n) is 3.35. The van der Waals surface area contributed by atoms with Crippen molar-refractivity contribution in [3.05, 3.63) is 44.6 Å². The predicted octanol–water partition coefficient (Wildman–Crippen LogP) is 2.42. The van der Waals surface area contributed by atoms with Gasteiger partial charge in [0, 0.05) is 11.5 Å². The van der Waals surface area contributed by atoms with Crippen LogP contribution in [0.5, 0.6) is 0 Å². The number of hydrogen-bond donors (Lipinski definition) is 1. The maximum Gasteiger partial charge on any atom is 0.154 e. The normalized spacial score (nSPS) is 12.8. The van der Waals surface area contributed by atoms with Crippen LogP contribution in [0.4, 0.5) is 0 Å². The molecular formula is C10H9Br2N3O. The van der Waals surface area contributed by atoms with Gasteiger partial charge in [-0.2, -0.15) is 0 Å². The van der Waals surface area contributed by atoms with Crippen LogP contribution in [0.25, 0.3) is 0 Å². The molecule has 16 heavy (non-hydrogen) atoms. The summed E-state index contributed by atoms with van der Waals surface area (Å²) < 4.78 is 3.04. The summed E-state index contributed by atoms with van der Waals surface area (Å²) in [7, 11) is 1.74. The van der Waals surface area contributed by atoms with Gasteiger partial charge in [0.2, 0.25) is 0 Å². The van der Waals surface area contributed by atoms with E-state index in [1.165, 1.54) is 0 Å². The summed E-state index contributed by atoms with van der Waals surface area (Å²) in [6, 6.07) is 7.51. The van der Waals surface area contributed by atoms with Crippen molar-refractivity contribution in [2.24, 2.45) is 7.05 Å². The number of aliphatic hydroxyl groups excluding tert-OH is 1. The van der Waals surface area contributed by atoms with E-state index in [0.29, 0.717) is 10.3 Å². The Bertz CT molecular complexity index is 493. The molecule has 0 aliphatic heterocycles. The lowest BCUT2D eigenvalue weighted by Crippen LogP contribution is -2.07. The molecule has 1 atom stereocenters. The molecular weight excluding hydrogens is 338 g/mol. The van der Waals surface area contributed by atoms with E-state index in [1.807, 2.05) is 24.3 Å². The molecule has 0 aliphatic rings. The third-order valence-electron chi connectivity index (χ3n) is 2.25. The highest BCUT2D eigenvalue weighted by atomic mass is 79.9. The number of benzene rings is 1. The Balaban J connectivity index is 2.43. The van der Waals surface area contributed by atoms with Crippen molar-refractivity contribution in [3.63, 3.8) is 0 Å². The van der Waals surface area contributed by atoms with Gasteiger partial charge in [0.15, 0.2) is 4.60 Å². The second-order valence-corrected chi connectivity index (χ2v) is 5.01. The summed E-state index contributed by atoms with van der Waals surface area (Å²) in [5.74, 6) is 0. The number of nitrogens with zero attached hydrogens (tertiary/aromatic N) is 3. The lowest BCUT2D eigenvalue weighted by Gasteiger charge is -2.11. The number of hydrogen-bond acceptors (Lipinski definition) is 3. The van der Waals surface area contributed by atoms with Crippen LogP contribution >= 0.6 is 31.9 Å². The van der Waals surface area contributed by atoms with Crippen molar-refractivity contribution in [1.29, 1.82) is 0 Å². The van der Waals surface area contributed by atoms with Crippen LogP contribution in [0.15, 0.2) is 33.3 Å². The molecule has 4 nitrogen and oxygen atoms in total. The first-order chi connectivity index (χ1) is 7.59. The van der Waals surface area contributed by atoms with Crippen LogP contribution in [0.3, 0.4) is 0 Å². The molecule has 0 radical (unpaired) electrons. The maximum atomic E-state index is 10.2. The quantitative estimate of drug-likeness (QED) is 0.908. The minimum atomic E-state index is -0.744. The molecule has 0 fully saturated rings. The van der Waals surface area contributed by atoms with Gasteiger partial charge >= 0.3 is 0 Å². The molecule has 2 aromatic rings. The zero-order chi connectivity index (χ0) is 11.7. The topological polar surface area (TPSA) is 50.9 Å². The van der Waals surface area contributed by atoms with E-state index in [9.17, 15) is 5.11 Å². The number of rotatable bonds is 2. The SMILES string of the molecule is Cn1nnc(Br)c1C(O)c1cccc(Br)c1. The molecule has 2 rings (SSSR count). The van der Waals surface area contributed by atoms with Crippen LogP contribution in [0, 0.1) is 0 Å². The van der Waals surface area contributed by atoms with Gasteiger partial charge in [-0.05, 0) is 33.6 Å². The van der Waals surface area contributed by atoms with Crippen LogP contribution in [0.1, 0.15) is 17.4 Å². The van der Waals surface area contributed by atoms with Crippen molar-refractivity contribution in [3.8, 4) is 0 Å². The van der Waals surface area contributed by atoms with Gasteiger partial charge in [0.05, 0.1) is 0 Å². The Labute approximate surface area is 110 Å². The average Bonchev–Trinajstić information content (AvgIpc) is 2.58. The van der Waals surface area contributed by atoms with Crippen molar-refractivity contribution in [2.45, 2.75) is 6.10 Å². The van der Waals surface area contributed by atoms with E-state index in [0.717, 1.165) is 10.0 Å². The zero-order valence-electron chi connectivity index (χ0n) is 8.43. The molecule has 1 N–H and O–H groups in total. The second kappa shape index (κ2) is 4.65.